The summed E-state index contributed by atoms with van der Waals surface area (Å²) in [6, 6.07) is 12.3. The first-order valence-electron chi connectivity index (χ1n) is 6.96. The van der Waals surface area contributed by atoms with Crippen LogP contribution in [0.15, 0.2) is 47.1 Å². The average Bonchev–Trinajstić information content (AvgIpc) is 2.90. The summed E-state index contributed by atoms with van der Waals surface area (Å²) < 4.78 is 10.8. The van der Waals surface area contributed by atoms with Gasteiger partial charge in [0.2, 0.25) is 0 Å². The van der Waals surface area contributed by atoms with Crippen LogP contribution in [-0.4, -0.2) is 5.54 Å². The number of furan rings is 1. The molecule has 1 aromatic heterocycles. The minimum Gasteiger partial charge on any atom is -0.467 e. The van der Waals surface area contributed by atoms with Crippen molar-refractivity contribution in [3.05, 3.63) is 59.5 Å². The molecular weight excluding hydrogens is 250 g/mol. The number of nitrogens with one attached hydrogen (secondary N) is 1. The molecule has 0 aliphatic heterocycles. The lowest BCUT2D eigenvalue weighted by atomic mass is 10.1. The molecule has 0 amide bonds. The van der Waals surface area contributed by atoms with Crippen LogP contribution < -0.4 is 5.32 Å². The summed E-state index contributed by atoms with van der Waals surface area (Å²) in [7, 11) is 0. The second kappa shape index (κ2) is 6.73. The third kappa shape index (κ3) is 5.19. The predicted octanol–water partition coefficient (Wildman–Crippen LogP) is 3.88. The Kier molecular flexibility index (Phi) is 4.99. The van der Waals surface area contributed by atoms with Crippen molar-refractivity contribution in [3.8, 4) is 0 Å². The average molecular weight is 273 g/mol. The summed E-state index contributed by atoms with van der Waals surface area (Å²) in [6.07, 6.45) is 1.66. The molecule has 1 N–H and O–H groups in total. The van der Waals surface area contributed by atoms with Crippen LogP contribution in [0.2, 0.25) is 0 Å². The summed E-state index contributed by atoms with van der Waals surface area (Å²) in [5.74, 6) is 0.857. The van der Waals surface area contributed by atoms with Crippen molar-refractivity contribution in [2.24, 2.45) is 0 Å². The summed E-state index contributed by atoms with van der Waals surface area (Å²) >= 11 is 0. The molecule has 3 heteroatoms. The SMILES string of the molecule is CC(C)(C)NCc1ccc(COCc2ccco2)cc1. The van der Waals surface area contributed by atoms with Gasteiger partial charge in [-0.2, -0.15) is 0 Å². The van der Waals surface area contributed by atoms with E-state index in [1.165, 1.54) is 11.1 Å². The summed E-state index contributed by atoms with van der Waals surface area (Å²) in [6.45, 7) is 8.52. The fraction of sp³-hybridized carbons (Fsp3) is 0.412. The molecule has 2 aromatic rings. The van der Waals surface area contributed by atoms with E-state index >= 15 is 0 Å². The Morgan fingerprint density at radius 2 is 1.70 bits per heavy atom. The maximum atomic E-state index is 5.61. The fourth-order valence-electron chi connectivity index (χ4n) is 1.78. The molecule has 2 rings (SSSR count). The lowest BCUT2D eigenvalue weighted by Gasteiger charge is -2.20. The van der Waals surface area contributed by atoms with Crippen LogP contribution in [0.3, 0.4) is 0 Å². The molecule has 0 fully saturated rings. The smallest absolute Gasteiger partial charge is 0.129 e. The van der Waals surface area contributed by atoms with Gasteiger partial charge in [0.25, 0.3) is 0 Å². The van der Waals surface area contributed by atoms with Crippen LogP contribution in [0.4, 0.5) is 0 Å². The molecule has 0 unspecified atom stereocenters. The van der Waals surface area contributed by atoms with Gasteiger partial charge in [-0.05, 0) is 44.0 Å². The van der Waals surface area contributed by atoms with Gasteiger partial charge in [-0.3, -0.25) is 0 Å². The Labute approximate surface area is 121 Å². The summed E-state index contributed by atoms with van der Waals surface area (Å²) in [4.78, 5) is 0. The van der Waals surface area contributed by atoms with E-state index in [0.717, 1.165) is 12.3 Å². The molecule has 0 saturated carbocycles. The van der Waals surface area contributed by atoms with Crippen molar-refractivity contribution >= 4 is 0 Å². The number of hydrogen-bond acceptors (Lipinski definition) is 3. The zero-order chi connectivity index (χ0) is 14.4. The highest BCUT2D eigenvalue weighted by molar-refractivity contribution is 5.22. The Balaban J connectivity index is 1.76. The van der Waals surface area contributed by atoms with Gasteiger partial charge in [0.15, 0.2) is 0 Å². The molecule has 0 saturated heterocycles. The van der Waals surface area contributed by atoms with E-state index in [-0.39, 0.29) is 5.54 Å². The summed E-state index contributed by atoms with van der Waals surface area (Å²) in [5, 5.41) is 3.48. The van der Waals surface area contributed by atoms with Crippen molar-refractivity contribution in [3.63, 3.8) is 0 Å². The standard InChI is InChI=1S/C17H23NO2/c1-17(2,3)18-11-14-6-8-15(9-7-14)12-19-13-16-5-4-10-20-16/h4-10,18H,11-13H2,1-3H3. The van der Waals surface area contributed by atoms with Crippen molar-refractivity contribution < 1.29 is 9.15 Å². The molecule has 108 valence electrons. The van der Waals surface area contributed by atoms with E-state index < -0.39 is 0 Å². The van der Waals surface area contributed by atoms with Gasteiger partial charge in [-0.25, -0.2) is 0 Å². The molecule has 20 heavy (non-hydrogen) atoms. The largest absolute Gasteiger partial charge is 0.467 e. The van der Waals surface area contributed by atoms with Gasteiger partial charge in [0.1, 0.15) is 12.4 Å². The Bertz CT molecular complexity index is 495. The third-order valence-electron chi connectivity index (χ3n) is 2.94. The zero-order valence-corrected chi connectivity index (χ0v) is 12.5. The highest BCUT2D eigenvalue weighted by atomic mass is 16.5. The minimum atomic E-state index is 0.144. The molecular formula is C17H23NO2. The Morgan fingerprint density at radius 3 is 2.30 bits per heavy atom. The number of ether oxygens (including phenoxy) is 1. The van der Waals surface area contributed by atoms with Crippen LogP contribution in [0.1, 0.15) is 37.7 Å². The van der Waals surface area contributed by atoms with E-state index in [1.807, 2.05) is 12.1 Å². The van der Waals surface area contributed by atoms with Crippen molar-refractivity contribution in [1.82, 2.24) is 5.32 Å². The maximum Gasteiger partial charge on any atom is 0.129 e. The quantitative estimate of drug-likeness (QED) is 0.867. The fourth-order valence-corrected chi connectivity index (χ4v) is 1.78. The van der Waals surface area contributed by atoms with Crippen LogP contribution in [0.25, 0.3) is 0 Å². The third-order valence-corrected chi connectivity index (χ3v) is 2.94. The molecule has 0 aliphatic carbocycles. The highest BCUT2D eigenvalue weighted by Crippen LogP contribution is 2.09. The summed E-state index contributed by atoms with van der Waals surface area (Å²) in [5.41, 5.74) is 2.61. The van der Waals surface area contributed by atoms with Crippen LogP contribution in [0, 0.1) is 0 Å². The van der Waals surface area contributed by atoms with Gasteiger partial charge in [-0.1, -0.05) is 24.3 Å². The first kappa shape index (κ1) is 14.8. The number of rotatable bonds is 6. The van der Waals surface area contributed by atoms with Crippen LogP contribution in [0.5, 0.6) is 0 Å². The topological polar surface area (TPSA) is 34.4 Å². The van der Waals surface area contributed by atoms with Crippen molar-refractivity contribution in [2.75, 3.05) is 0 Å². The molecule has 1 heterocycles. The monoisotopic (exact) mass is 273 g/mol. The van der Waals surface area contributed by atoms with Crippen molar-refractivity contribution in [2.45, 2.75) is 46.1 Å². The second-order valence-electron chi connectivity index (χ2n) is 5.99. The van der Waals surface area contributed by atoms with E-state index in [4.69, 9.17) is 9.15 Å². The van der Waals surface area contributed by atoms with Gasteiger partial charge in [-0.15, -0.1) is 0 Å². The van der Waals surface area contributed by atoms with Crippen molar-refractivity contribution in [1.29, 1.82) is 0 Å². The van der Waals surface area contributed by atoms with E-state index in [2.05, 4.69) is 50.4 Å². The second-order valence-corrected chi connectivity index (χ2v) is 5.99. The molecule has 0 atom stereocenters. The molecule has 0 radical (unpaired) electrons. The van der Waals surface area contributed by atoms with Gasteiger partial charge in [0, 0.05) is 12.1 Å². The van der Waals surface area contributed by atoms with Gasteiger partial charge >= 0.3 is 0 Å². The minimum absolute atomic E-state index is 0.144. The van der Waals surface area contributed by atoms with E-state index in [0.29, 0.717) is 13.2 Å². The predicted molar refractivity (Wildman–Crippen MR) is 80.2 cm³/mol. The molecule has 1 aromatic carbocycles. The highest BCUT2D eigenvalue weighted by Gasteiger charge is 2.08. The number of benzene rings is 1. The first-order chi connectivity index (χ1) is 9.53. The van der Waals surface area contributed by atoms with Crippen LogP contribution >= 0.6 is 0 Å². The lowest BCUT2D eigenvalue weighted by Crippen LogP contribution is -2.35. The molecule has 3 nitrogen and oxygen atoms in total. The van der Waals surface area contributed by atoms with E-state index in [1.54, 1.807) is 6.26 Å². The van der Waals surface area contributed by atoms with Gasteiger partial charge in [0.05, 0.1) is 12.9 Å². The maximum absolute atomic E-state index is 5.61. The van der Waals surface area contributed by atoms with E-state index in [9.17, 15) is 0 Å². The van der Waals surface area contributed by atoms with Crippen LogP contribution in [-0.2, 0) is 24.5 Å². The molecule has 0 spiro atoms. The Morgan fingerprint density at radius 1 is 1.00 bits per heavy atom. The molecule has 0 aliphatic rings. The first-order valence-corrected chi connectivity index (χ1v) is 6.96. The Hall–Kier alpha value is -1.58. The number of hydrogen-bond donors (Lipinski definition) is 1. The molecule has 0 bridgehead atoms. The lowest BCUT2D eigenvalue weighted by molar-refractivity contribution is 0.0929. The zero-order valence-electron chi connectivity index (χ0n) is 12.5. The normalized spacial score (nSPS) is 11.8. The van der Waals surface area contributed by atoms with Gasteiger partial charge < -0.3 is 14.5 Å².